The predicted octanol–water partition coefficient (Wildman–Crippen LogP) is 2.66. The van der Waals surface area contributed by atoms with Crippen molar-refractivity contribution in [2.45, 2.75) is 32.4 Å². The molecule has 2 fully saturated rings. The molecule has 3 aromatic rings. The average Bonchev–Trinajstić information content (AvgIpc) is 3.45. The van der Waals surface area contributed by atoms with E-state index in [-0.39, 0.29) is 11.5 Å². The Morgan fingerprint density at radius 2 is 2.09 bits per heavy atom. The highest BCUT2D eigenvalue weighted by atomic mass is 16.2. The molecule has 1 N–H and O–H groups in total. The van der Waals surface area contributed by atoms with E-state index in [0.29, 0.717) is 29.5 Å². The Balaban J connectivity index is 1.35. The summed E-state index contributed by atoms with van der Waals surface area (Å²) >= 11 is 0. The maximum Gasteiger partial charge on any atom is 0.280 e. The average molecular weight is 445 g/mol. The normalized spacial score (nSPS) is 18.3. The van der Waals surface area contributed by atoms with Crippen LogP contribution < -0.4 is 5.56 Å². The summed E-state index contributed by atoms with van der Waals surface area (Å²) in [6.45, 7) is 9.66. The quantitative estimate of drug-likeness (QED) is 0.613. The fourth-order valence-electron chi connectivity index (χ4n) is 4.99. The van der Waals surface area contributed by atoms with Gasteiger partial charge in [-0.25, -0.2) is 9.67 Å². The summed E-state index contributed by atoms with van der Waals surface area (Å²) in [5.41, 5.74) is 3.85. The van der Waals surface area contributed by atoms with Gasteiger partial charge in [0.2, 0.25) is 0 Å². The zero-order valence-corrected chi connectivity index (χ0v) is 18.8. The van der Waals surface area contributed by atoms with E-state index in [1.165, 1.54) is 11.1 Å². The Labute approximate surface area is 192 Å². The number of aryl methyl sites for hydroxylation is 1. The number of pyridine rings is 1. The van der Waals surface area contributed by atoms with Gasteiger partial charge in [0.25, 0.3) is 11.5 Å². The van der Waals surface area contributed by atoms with E-state index < -0.39 is 0 Å². The van der Waals surface area contributed by atoms with E-state index >= 15 is 0 Å². The number of aliphatic imine (C=N–C) groups is 1. The number of benzene rings is 1. The summed E-state index contributed by atoms with van der Waals surface area (Å²) in [6.07, 6.45) is 5.63. The molecule has 0 radical (unpaired) electrons. The molecule has 1 aromatic carbocycles. The zero-order valence-electron chi connectivity index (χ0n) is 18.8. The second kappa shape index (κ2) is 8.78. The fraction of sp³-hybridized carbons (Fsp3) is 0.360. The molecule has 4 heterocycles. The number of H-pyrrole nitrogens is 1. The summed E-state index contributed by atoms with van der Waals surface area (Å²) in [6, 6.07) is 9.86. The minimum absolute atomic E-state index is 0.00449. The maximum absolute atomic E-state index is 13.1. The Morgan fingerprint density at radius 3 is 2.85 bits per heavy atom. The number of piperazine rings is 1. The minimum atomic E-state index is -0.184. The number of aromatic amines is 1. The molecule has 33 heavy (non-hydrogen) atoms. The van der Waals surface area contributed by atoms with Crippen molar-refractivity contribution in [2.24, 2.45) is 4.99 Å². The highest BCUT2D eigenvalue weighted by Crippen LogP contribution is 2.24. The Kier molecular flexibility index (Phi) is 5.68. The molecule has 5 rings (SSSR count). The first-order valence-electron chi connectivity index (χ1n) is 11.4. The number of carbonyl (C=O) groups is 1. The Hall–Kier alpha value is -3.52. The monoisotopic (exact) mass is 444 g/mol. The van der Waals surface area contributed by atoms with Crippen molar-refractivity contribution in [2.75, 3.05) is 26.2 Å². The zero-order chi connectivity index (χ0) is 22.9. The maximum atomic E-state index is 13.1. The summed E-state index contributed by atoms with van der Waals surface area (Å²) in [5.74, 6) is 0.457. The second-order valence-corrected chi connectivity index (χ2v) is 8.85. The van der Waals surface area contributed by atoms with Gasteiger partial charge in [-0.1, -0.05) is 18.2 Å². The van der Waals surface area contributed by atoms with Crippen molar-refractivity contribution in [3.63, 3.8) is 0 Å². The van der Waals surface area contributed by atoms with Crippen LogP contribution in [-0.2, 0) is 6.54 Å². The number of nitrogens with zero attached hydrogens (tertiary/aromatic N) is 5. The van der Waals surface area contributed by atoms with Crippen LogP contribution in [0.1, 0.15) is 34.3 Å². The summed E-state index contributed by atoms with van der Waals surface area (Å²) in [5, 5.41) is 3.01. The Morgan fingerprint density at radius 1 is 1.21 bits per heavy atom. The molecule has 8 nitrogen and oxygen atoms in total. The fourth-order valence-corrected chi connectivity index (χ4v) is 4.99. The van der Waals surface area contributed by atoms with E-state index in [1.807, 2.05) is 30.0 Å². The molecule has 8 heteroatoms. The first-order valence-corrected chi connectivity index (χ1v) is 11.4. The first-order chi connectivity index (χ1) is 16.0. The highest BCUT2D eigenvalue weighted by Gasteiger charge is 2.32. The van der Waals surface area contributed by atoms with Crippen molar-refractivity contribution >= 4 is 12.6 Å². The number of amides is 1. The Bertz CT molecular complexity index is 1240. The molecule has 0 spiro atoms. The molecule has 0 aliphatic carbocycles. The van der Waals surface area contributed by atoms with E-state index in [1.54, 1.807) is 24.5 Å². The molecule has 2 aliphatic heterocycles. The van der Waals surface area contributed by atoms with E-state index in [2.05, 4.69) is 26.7 Å². The van der Waals surface area contributed by atoms with E-state index in [4.69, 9.17) is 0 Å². The van der Waals surface area contributed by atoms with Crippen molar-refractivity contribution in [1.29, 1.82) is 0 Å². The minimum Gasteiger partial charge on any atom is -0.336 e. The lowest BCUT2D eigenvalue weighted by molar-refractivity contribution is 0.0571. The van der Waals surface area contributed by atoms with Gasteiger partial charge >= 0.3 is 0 Å². The lowest BCUT2D eigenvalue weighted by Crippen LogP contribution is -2.52. The third-order valence-electron chi connectivity index (χ3n) is 6.75. The molecule has 2 saturated heterocycles. The number of rotatable bonds is 5. The molecule has 2 aliphatic rings. The lowest BCUT2D eigenvalue weighted by atomic mass is 10.0. The van der Waals surface area contributed by atoms with Crippen LogP contribution in [0.5, 0.6) is 0 Å². The number of hydrogen-bond donors (Lipinski definition) is 1. The van der Waals surface area contributed by atoms with Crippen LogP contribution in [0.3, 0.4) is 0 Å². The molecular weight excluding hydrogens is 416 g/mol. The largest absolute Gasteiger partial charge is 0.336 e. The van der Waals surface area contributed by atoms with E-state index in [9.17, 15) is 9.59 Å². The molecule has 0 saturated carbocycles. The third kappa shape index (κ3) is 4.02. The van der Waals surface area contributed by atoms with Gasteiger partial charge < -0.3 is 4.90 Å². The molecular formula is C25H28N6O2. The van der Waals surface area contributed by atoms with Crippen molar-refractivity contribution in [3.05, 3.63) is 69.8 Å². The molecule has 1 amide bonds. The van der Waals surface area contributed by atoms with Crippen molar-refractivity contribution < 1.29 is 4.79 Å². The van der Waals surface area contributed by atoms with Crippen LogP contribution in [0, 0.1) is 6.92 Å². The molecule has 0 bridgehead atoms. The molecule has 2 aromatic heterocycles. The van der Waals surface area contributed by atoms with E-state index in [0.717, 1.165) is 49.3 Å². The smallest absolute Gasteiger partial charge is 0.280 e. The van der Waals surface area contributed by atoms with Gasteiger partial charge in [0.05, 0.1) is 17.7 Å². The predicted molar refractivity (Wildman–Crippen MR) is 128 cm³/mol. The van der Waals surface area contributed by atoms with Gasteiger partial charge in [-0.3, -0.25) is 24.6 Å². The molecule has 1 unspecified atom stereocenters. The topological polar surface area (TPSA) is 86.6 Å². The van der Waals surface area contributed by atoms with Gasteiger partial charge in [0.1, 0.15) is 0 Å². The number of aromatic nitrogens is 3. The summed E-state index contributed by atoms with van der Waals surface area (Å²) < 4.78 is 1.40. The second-order valence-electron chi connectivity index (χ2n) is 8.85. The summed E-state index contributed by atoms with van der Waals surface area (Å²) in [7, 11) is 0. The van der Waals surface area contributed by atoms with Gasteiger partial charge in [-0.2, -0.15) is 0 Å². The SMILES string of the molecule is C=NCc1ccc(-c2c[nH]n(-c3ccc(C(=O)N4CCN5CCCC5C4)cn3)c2=O)c(C)c1. The molecule has 1 atom stereocenters. The number of carbonyl (C=O) groups excluding carboxylic acids is 1. The van der Waals surface area contributed by atoms with Gasteiger partial charge in [-0.05, 0) is 61.9 Å². The van der Waals surface area contributed by atoms with Crippen molar-refractivity contribution in [3.8, 4) is 16.9 Å². The number of fused-ring (bicyclic) bond motifs is 1. The van der Waals surface area contributed by atoms with Crippen molar-refractivity contribution in [1.82, 2.24) is 24.6 Å². The van der Waals surface area contributed by atoms with Gasteiger partial charge in [0, 0.05) is 38.1 Å². The van der Waals surface area contributed by atoms with Crippen LogP contribution in [0.2, 0.25) is 0 Å². The summed E-state index contributed by atoms with van der Waals surface area (Å²) in [4.78, 5) is 38.8. The van der Waals surface area contributed by atoms with Crippen LogP contribution in [0.25, 0.3) is 16.9 Å². The van der Waals surface area contributed by atoms with Crippen LogP contribution >= 0.6 is 0 Å². The number of hydrogen-bond acceptors (Lipinski definition) is 5. The molecule has 170 valence electrons. The third-order valence-corrected chi connectivity index (χ3v) is 6.75. The standard InChI is InChI=1S/C25H28N6O2/c1-17-12-18(13-26-2)5-7-21(17)22-15-28-31(25(22)33)23-8-6-19(14-27-23)24(32)30-11-10-29-9-3-4-20(29)16-30/h5-8,12,14-15,20,28H,2-4,9-11,13,16H2,1H3. The highest BCUT2D eigenvalue weighted by molar-refractivity contribution is 5.94. The van der Waals surface area contributed by atoms with Gasteiger partial charge in [-0.15, -0.1) is 0 Å². The number of nitrogens with one attached hydrogen (secondary N) is 1. The van der Waals surface area contributed by atoms with Crippen LogP contribution in [-0.4, -0.2) is 69.4 Å². The van der Waals surface area contributed by atoms with Gasteiger partial charge in [0.15, 0.2) is 5.82 Å². The van der Waals surface area contributed by atoms with Crippen LogP contribution in [0.4, 0.5) is 0 Å². The first kappa shape index (κ1) is 21.3. The lowest BCUT2D eigenvalue weighted by Gasteiger charge is -2.37. The van der Waals surface area contributed by atoms with Crippen LogP contribution in [0.15, 0.2) is 52.5 Å².